The minimum Gasteiger partial charge on any atom is -0.496 e. The lowest BCUT2D eigenvalue weighted by Gasteiger charge is -2.21. The van der Waals surface area contributed by atoms with E-state index < -0.39 is 33.9 Å². The lowest BCUT2D eigenvalue weighted by Crippen LogP contribution is -2.40. The number of carbonyl (C=O) groups is 2. The van der Waals surface area contributed by atoms with E-state index in [1.165, 1.54) is 36.5 Å². The Labute approximate surface area is 154 Å². The molecule has 0 saturated carbocycles. The molecule has 2 N–H and O–H groups in total. The van der Waals surface area contributed by atoms with Crippen molar-refractivity contribution in [3.05, 3.63) is 23.8 Å². The van der Waals surface area contributed by atoms with E-state index >= 15 is 0 Å². The Morgan fingerprint density at radius 2 is 1.81 bits per heavy atom. The van der Waals surface area contributed by atoms with Crippen LogP contribution in [0.15, 0.2) is 23.1 Å². The van der Waals surface area contributed by atoms with Gasteiger partial charge in [0.15, 0.2) is 0 Å². The van der Waals surface area contributed by atoms with Gasteiger partial charge >= 0.3 is 5.97 Å². The van der Waals surface area contributed by atoms with Crippen LogP contribution in [0, 0.1) is 5.92 Å². The third-order valence-electron chi connectivity index (χ3n) is 4.26. The number of carboxylic acid groups (broad SMARTS) is 1. The topological polar surface area (TPSA) is 113 Å². The highest BCUT2D eigenvalue weighted by Gasteiger charge is 2.26. The van der Waals surface area contributed by atoms with Gasteiger partial charge in [0.25, 0.3) is 5.91 Å². The zero-order valence-corrected chi connectivity index (χ0v) is 16.5. The first-order valence-electron chi connectivity index (χ1n) is 8.31. The maximum absolute atomic E-state index is 12.7. The van der Waals surface area contributed by atoms with Gasteiger partial charge in [0.1, 0.15) is 5.75 Å². The first-order valence-corrected chi connectivity index (χ1v) is 9.75. The van der Waals surface area contributed by atoms with E-state index in [0.717, 1.165) is 0 Å². The number of carbonyl (C=O) groups excluding carboxylic acids is 1. The molecule has 0 fully saturated rings. The second-order valence-corrected chi connectivity index (χ2v) is 7.78. The molecule has 26 heavy (non-hydrogen) atoms. The number of carboxylic acids is 1. The summed E-state index contributed by atoms with van der Waals surface area (Å²) in [5.41, 5.74) is 0.0326. The summed E-state index contributed by atoms with van der Waals surface area (Å²) in [5, 5.41) is 11.6. The molecule has 0 aliphatic heterocycles. The Hall–Kier alpha value is -2.13. The molecule has 2 unspecified atom stereocenters. The minimum absolute atomic E-state index is 0.0221. The number of rotatable bonds is 9. The van der Waals surface area contributed by atoms with Gasteiger partial charge in [-0.05, 0) is 32.0 Å². The number of hydrogen-bond donors (Lipinski definition) is 2. The molecular weight excluding hydrogens is 360 g/mol. The number of benzene rings is 1. The van der Waals surface area contributed by atoms with Crippen LogP contribution in [0.3, 0.4) is 0 Å². The van der Waals surface area contributed by atoms with Gasteiger partial charge in [-0.25, -0.2) is 8.42 Å². The maximum atomic E-state index is 12.7. The van der Waals surface area contributed by atoms with Crippen molar-refractivity contribution in [1.82, 2.24) is 9.62 Å². The Morgan fingerprint density at radius 1 is 1.23 bits per heavy atom. The van der Waals surface area contributed by atoms with Crippen molar-refractivity contribution in [3.63, 3.8) is 0 Å². The summed E-state index contributed by atoms with van der Waals surface area (Å²) in [7, 11) is -2.37. The minimum atomic E-state index is -3.74. The van der Waals surface area contributed by atoms with Crippen LogP contribution in [0.25, 0.3) is 0 Å². The van der Waals surface area contributed by atoms with E-state index in [-0.39, 0.29) is 16.2 Å². The highest BCUT2D eigenvalue weighted by Crippen LogP contribution is 2.25. The lowest BCUT2D eigenvalue weighted by molar-refractivity contribution is -0.141. The van der Waals surface area contributed by atoms with E-state index in [1.807, 2.05) is 0 Å². The Balaban J connectivity index is 3.26. The number of methoxy groups -OCH3 is 1. The van der Waals surface area contributed by atoms with Crippen LogP contribution in [0.5, 0.6) is 5.75 Å². The van der Waals surface area contributed by atoms with Crippen molar-refractivity contribution < 1.29 is 27.9 Å². The van der Waals surface area contributed by atoms with Crippen molar-refractivity contribution in [1.29, 1.82) is 0 Å². The largest absolute Gasteiger partial charge is 0.496 e. The number of sulfonamides is 1. The average molecular weight is 386 g/mol. The molecule has 1 aromatic rings. The van der Waals surface area contributed by atoms with Crippen molar-refractivity contribution >= 4 is 21.9 Å². The predicted octanol–water partition coefficient (Wildman–Crippen LogP) is 1.56. The zero-order valence-electron chi connectivity index (χ0n) is 15.6. The summed E-state index contributed by atoms with van der Waals surface area (Å²) in [6.07, 6.45) is 0. The molecule has 2 atom stereocenters. The molecule has 0 radical (unpaired) electrons. The fraction of sp³-hybridized carbons (Fsp3) is 0.529. The van der Waals surface area contributed by atoms with Crippen molar-refractivity contribution in [2.45, 2.75) is 38.6 Å². The van der Waals surface area contributed by atoms with Gasteiger partial charge < -0.3 is 15.2 Å². The van der Waals surface area contributed by atoms with Gasteiger partial charge in [-0.1, -0.05) is 13.8 Å². The second-order valence-electron chi connectivity index (χ2n) is 5.84. The van der Waals surface area contributed by atoms with Crippen LogP contribution in [0.1, 0.15) is 38.1 Å². The molecule has 0 aliphatic carbocycles. The maximum Gasteiger partial charge on any atom is 0.308 e. The molecule has 0 aliphatic rings. The van der Waals surface area contributed by atoms with Gasteiger partial charge in [0, 0.05) is 19.1 Å². The molecule has 146 valence electrons. The summed E-state index contributed by atoms with van der Waals surface area (Å²) < 4.78 is 31.8. The average Bonchev–Trinajstić information content (AvgIpc) is 2.60. The van der Waals surface area contributed by atoms with Gasteiger partial charge in [-0.3, -0.25) is 9.59 Å². The molecule has 0 heterocycles. The summed E-state index contributed by atoms with van der Waals surface area (Å²) in [6.45, 7) is 7.12. The third-order valence-corrected chi connectivity index (χ3v) is 6.30. The number of aliphatic carboxylic acids is 1. The summed E-state index contributed by atoms with van der Waals surface area (Å²) >= 11 is 0. The molecule has 1 aromatic carbocycles. The first-order chi connectivity index (χ1) is 12.1. The van der Waals surface area contributed by atoms with Gasteiger partial charge in [0.2, 0.25) is 10.0 Å². The van der Waals surface area contributed by atoms with Crippen LogP contribution in [-0.2, 0) is 14.8 Å². The normalized spacial score (nSPS) is 13.9. The summed E-state index contributed by atoms with van der Waals surface area (Å²) in [6, 6.07) is 3.40. The molecular formula is C17H26N2O6S. The van der Waals surface area contributed by atoms with Gasteiger partial charge in [0.05, 0.1) is 23.5 Å². The second kappa shape index (κ2) is 9.00. The molecule has 1 amide bonds. The first kappa shape index (κ1) is 21.9. The van der Waals surface area contributed by atoms with Crippen LogP contribution >= 0.6 is 0 Å². The van der Waals surface area contributed by atoms with Crippen molar-refractivity contribution in [2.24, 2.45) is 5.92 Å². The van der Waals surface area contributed by atoms with Crippen LogP contribution in [-0.4, -0.2) is 55.9 Å². The zero-order chi connectivity index (χ0) is 20.1. The summed E-state index contributed by atoms with van der Waals surface area (Å²) in [5.74, 6) is -2.23. The highest BCUT2D eigenvalue weighted by molar-refractivity contribution is 7.89. The third kappa shape index (κ3) is 4.73. The Kier molecular flexibility index (Phi) is 7.58. The fourth-order valence-corrected chi connectivity index (χ4v) is 3.85. The molecule has 0 bridgehead atoms. The quantitative estimate of drug-likeness (QED) is 0.666. The molecule has 0 aromatic heterocycles. The SMILES string of the molecule is CCN(CC)S(=O)(=O)c1ccc(OC)c(C(=O)NC(C)C(C)C(=O)O)c1. The smallest absolute Gasteiger partial charge is 0.308 e. The van der Waals surface area contributed by atoms with E-state index in [9.17, 15) is 18.0 Å². The van der Waals surface area contributed by atoms with Crippen molar-refractivity contribution in [2.75, 3.05) is 20.2 Å². The molecule has 0 saturated heterocycles. The van der Waals surface area contributed by atoms with Crippen molar-refractivity contribution in [3.8, 4) is 5.75 Å². The number of ether oxygens (including phenoxy) is 1. The molecule has 1 rings (SSSR count). The van der Waals surface area contributed by atoms with Crippen LogP contribution in [0.2, 0.25) is 0 Å². The summed E-state index contributed by atoms with van der Waals surface area (Å²) in [4.78, 5) is 23.6. The number of nitrogens with zero attached hydrogens (tertiary/aromatic N) is 1. The van der Waals surface area contributed by atoms with Crippen LogP contribution in [0.4, 0.5) is 0 Å². The Morgan fingerprint density at radius 3 is 2.27 bits per heavy atom. The highest BCUT2D eigenvalue weighted by atomic mass is 32.2. The number of hydrogen-bond acceptors (Lipinski definition) is 5. The van der Waals surface area contributed by atoms with Gasteiger partial charge in [-0.15, -0.1) is 0 Å². The molecule has 0 spiro atoms. The van der Waals surface area contributed by atoms with E-state index in [2.05, 4.69) is 5.32 Å². The molecule has 9 heteroatoms. The predicted molar refractivity (Wildman–Crippen MR) is 96.8 cm³/mol. The van der Waals surface area contributed by atoms with Gasteiger partial charge in [-0.2, -0.15) is 4.31 Å². The molecule has 8 nitrogen and oxygen atoms in total. The monoisotopic (exact) mass is 386 g/mol. The van der Waals surface area contributed by atoms with E-state index in [4.69, 9.17) is 9.84 Å². The van der Waals surface area contributed by atoms with E-state index in [1.54, 1.807) is 20.8 Å². The standard InChI is InChI=1S/C17H26N2O6S/c1-6-19(7-2)26(23,24)13-8-9-15(25-5)14(10-13)16(20)18-12(4)11(3)17(21)22/h8-12H,6-7H2,1-5H3,(H,18,20)(H,21,22). The Bertz CT molecular complexity index is 759. The number of amides is 1. The number of nitrogens with one attached hydrogen (secondary N) is 1. The van der Waals surface area contributed by atoms with E-state index in [0.29, 0.717) is 13.1 Å². The van der Waals surface area contributed by atoms with Crippen LogP contribution < -0.4 is 10.1 Å². The lowest BCUT2D eigenvalue weighted by atomic mass is 10.0. The fourth-order valence-electron chi connectivity index (χ4n) is 2.36.